The van der Waals surface area contributed by atoms with E-state index in [0.29, 0.717) is 33.7 Å². The van der Waals surface area contributed by atoms with E-state index in [1.165, 1.54) is 7.11 Å². The van der Waals surface area contributed by atoms with Gasteiger partial charge in [0, 0.05) is 16.7 Å². The van der Waals surface area contributed by atoms with Gasteiger partial charge < -0.3 is 9.47 Å². The number of halogens is 2. The molecular weight excluding hydrogens is 297 g/mol. The first-order chi connectivity index (χ1) is 9.66. The molecule has 0 aromatic heterocycles. The molecule has 2 aromatic carbocycles. The van der Waals surface area contributed by atoms with Gasteiger partial charge in [-0.3, -0.25) is 0 Å². The summed E-state index contributed by atoms with van der Waals surface area (Å²) in [5, 5.41) is 9.54. The van der Waals surface area contributed by atoms with Crippen LogP contribution in [-0.4, -0.2) is 7.11 Å². The highest BCUT2D eigenvalue weighted by Crippen LogP contribution is 2.32. The van der Waals surface area contributed by atoms with Gasteiger partial charge in [-0.2, -0.15) is 5.26 Å². The molecule has 0 bridgehead atoms. The summed E-state index contributed by atoms with van der Waals surface area (Å²) in [4.78, 5) is 0. The Morgan fingerprint density at radius 2 is 1.90 bits per heavy atom. The Balaban J connectivity index is 2.39. The molecule has 0 aliphatic carbocycles. The third kappa shape index (κ3) is 3.36. The van der Waals surface area contributed by atoms with Crippen molar-refractivity contribution in [1.82, 2.24) is 0 Å². The SMILES string of the molecule is COc1cc(C#N)cc(Oc2cc(Cl)ccc2CCl)c1. The highest BCUT2D eigenvalue weighted by molar-refractivity contribution is 6.30. The maximum atomic E-state index is 8.99. The molecule has 102 valence electrons. The number of benzene rings is 2. The number of hydrogen-bond acceptors (Lipinski definition) is 3. The van der Waals surface area contributed by atoms with Crippen LogP contribution in [0.25, 0.3) is 0 Å². The highest BCUT2D eigenvalue weighted by Gasteiger charge is 2.08. The standard InChI is InChI=1S/C15H11Cl2NO2/c1-19-13-4-10(9-18)5-14(7-13)20-15-6-12(17)3-2-11(15)8-16/h2-7H,8H2,1H3. The van der Waals surface area contributed by atoms with Crippen molar-refractivity contribution in [1.29, 1.82) is 5.26 Å². The molecule has 0 heterocycles. The average molecular weight is 308 g/mol. The summed E-state index contributed by atoms with van der Waals surface area (Å²) < 4.78 is 10.9. The number of nitriles is 1. The van der Waals surface area contributed by atoms with Crippen LogP contribution in [0, 0.1) is 11.3 Å². The van der Waals surface area contributed by atoms with Gasteiger partial charge in [-0.25, -0.2) is 0 Å². The van der Waals surface area contributed by atoms with E-state index >= 15 is 0 Å². The number of methoxy groups -OCH3 is 1. The molecule has 2 aromatic rings. The number of alkyl halides is 1. The maximum absolute atomic E-state index is 8.99. The molecule has 3 nitrogen and oxygen atoms in total. The summed E-state index contributed by atoms with van der Waals surface area (Å²) in [7, 11) is 1.53. The second-order valence-electron chi connectivity index (χ2n) is 4.00. The fourth-order valence-electron chi connectivity index (χ4n) is 1.67. The first-order valence-corrected chi connectivity index (χ1v) is 6.69. The Morgan fingerprint density at radius 1 is 1.15 bits per heavy atom. The van der Waals surface area contributed by atoms with Gasteiger partial charge in [0.1, 0.15) is 17.2 Å². The Labute approximate surface area is 127 Å². The second-order valence-corrected chi connectivity index (χ2v) is 4.70. The van der Waals surface area contributed by atoms with Crippen molar-refractivity contribution in [3.05, 3.63) is 52.5 Å². The van der Waals surface area contributed by atoms with Gasteiger partial charge in [-0.15, -0.1) is 11.6 Å². The molecule has 0 saturated heterocycles. The predicted molar refractivity (Wildman–Crippen MR) is 78.8 cm³/mol. The summed E-state index contributed by atoms with van der Waals surface area (Å²) in [6, 6.07) is 12.2. The fraction of sp³-hybridized carbons (Fsp3) is 0.133. The van der Waals surface area contributed by atoms with E-state index in [-0.39, 0.29) is 0 Å². The fourth-order valence-corrected chi connectivity index (χ4v) is 2.06. The zero-order valence-electron chi connectivity index (χ0n) is 10.7. The molecule has 0 N–H and O–H groups in total. The largest absolute Gasteiger partial charge is 0.497 e. The van der Waals surface area contributed by atoms with E-state index in [4.69, 9.17) is 37.9 Å². The van der Waals surface area contributed by atoms with Crippen LogP contribution in [0.2, 0.25) is 5.02 Å². The maximum Gasteiger partial charge on any atom is 0.133 e. The Bertz CT molecular complexity index is 665. The molecular formula is C15H11Cl2NO2. The number of rotatable bonds is 4. The van der Waals surface area contributed by atoms with Crippen LogP contribution < -0.4 is 9.47 Å². The molecule has 0 aliphatic rings. The average Bonchev–Trinajstić information content (AvgIpc) is 2.47. The van der Waals surface area contributed by atoms with Crippen LogP contribution in [0.4, 0.5) is 0 Å². The zero-order chi connectivity index (χ0) is 14.5. The summed E-state index contributed by atoms with van der Waals surface area (Å²) in [6.07, 6.45) is 0. The van der Waals surface area contributed by atoms with Crippen molar-refractivity contribution >= 4 is 23.2 Å². The Hall–Kier alpha value is -1.89. The molecule has 0 aliphatic heterocycles. The molecule has 0 atom stereocenters. The topological polar surface area (TPSA) is 42.2 Å². The van der Waals surface area contributed by atoms with Crippen molar-refractivity contribution in [2.45, 2.75) is 5.88 Å². The molecule has 0 amide bonds. The minimum atomic E-state index is 0.307. The van der Waals surface area contributed by atoms with E-state index in [2.05, 4.69) is 6.07 Å². The zero-order valence-corrected chi connectivity index (χ0v) is 12.2. The summed E-state index contributed by atoms with van der Waals surface area (Å²) in [5.41, 5.74) is 1.27. The van der Waals surface area contributed by atoms with Crippen LogP contribution in [0.3, 0.4) is 0 Å². The molecule has 0 radical (unpaired) electrons. The van der Waals surface area contributed by atoms with Gasteiger partial charge in [0.2, 0.25) is 0 Å². The molecule has 20 heavy (non-hydrogen) atoms. The van der Waals surface area contributed by atoms with Gasteiger partial charge >= 0.3 is 0 Å². The molecule has 2 rings (SSSR count). The lowest BCUT2D eigenvalue weighted by atomic mass is 10.2. The summed E-state index contributed by atoms with van der Waals surface area (Å²) >= 11 is 11.8. The lowest BCUT2D eigenvalue weighted by Gasteiger charge is -2.11. The molecule has 5 heteroatoms. The highest BCUT2D eigenvalue weighted by atomic mass is 35.5. The van der Waals surface area contributed by atoms with Crippen molar-refractivity contribution in [3.8, 4) is 23.3 Å². The van der Waals surface area contributed by atoms with E-state index in [0.717, 1.165) is 5.56 Å². The van der Waals surface area contributed by atoms with Crippen molar-refractivity contribution in [2.75, 3.05) is 7.11 Å². The van der Waals surface area contributed by atoms with Gasteiger partial charge in [0.15, 0.2) is 0 Å². The van der Waals surface area contributed by atoms with Crippen LogP contribution >= 0.6 is 23.2 Å². The summed E-state index contributed by atoms with van der Waals surface area (Å²) in [5.74, 6) is 1.91. The minimum Gasteiger partial charge on any atom is -0.497 e. The monoisotopic (exact) mass is 307 g/mol. The summed E-state index contributed by atoms with van der Waals surface area (Å²) in [6.45, 7) is 0. The van der Waals surface area contributed by atoms with Crippen molar-refractivity contribution < 1.29 is 9.47 Å². The Morgan fingerprint density at radius 3 is 2.55 bits per heavy atom. The third-order valence-corrected chi connectivity index (χ3v) is 3.17. The van der Waals surface area contributed by atoms with E-state index in [1.807, 2.05) is 0 Å². The third-order valence-electron chi connectivity index (χ3n) is 2.65. The Kier molecular flexibility index (Phi) is 4.73. The first kappa shape index (κ1) is 14.5. The van der Waals surface area contributed by atoms with E-state index in [9.17, 15) is 0 Å². The lowest BCUT2D eigenvalue weighted by Crippen LogP contribution is -1.92. The molecule has 0 spiro atoms. The van der Waals surface area contributed by atoms with Crippen LogP contribution in [0.15, 0.2) is 36.4 Å². The second kappa shape index (κ2) is 6.51. The lowest BCUT2D eigenvalue weighted by molar-refractivity contribution is 0.408. The van der Waals surface area contributed by atoms with Gasteiger partial charge in [-0.1, -0.05) is 17.7 Å². The van der Waals surface area contributed by atoms with E-state index in [1.54, 1.807) is 36.4 Å². The smallest absolute Gasteiger partial charge is 0.133 e. The van der Waals surface area contributed by atoms with Gasteiger partial charge in [0.05, 0.1) is 24.6 Å². The van der Waals surface area contributed by atoms with Crippen molar-refractivity contribution in [3.63, 3.8) is 0 Å². The van der Waals surface area contributed by atoms with Crippen LogP contribution in [-0.2, 0) is 5.88 Å². The number of hydrogen-bond donors (Lipinski definition) is 0. The van der Waals surface area contributed by atoms with Crippen molar-refractivity contribution in [2.24, 2.45) is 0 Å². The van der Waals surface area contributed by atoms with E-state index < -0.39 is 0 Å². The van der Waals surface area contributed by atoms with Crippen LogP contribution in [0.5, 0.6) is 17.2 Å². The predicted octanol–water partition coefficient (Wildman–Crippen LogP) is 4.75. The number of nitrogens with zero attached hydrogens (tertiary/aromatic N) is 1. The normalized spacial score (nSPS) is 9.90. The van der Waals surface area contributed by atoms with Crippen LogP contribution in [0.1, 0.15) is 11.1 Å². The minimum absolute atomic E-state index is 0.307. The molecule has 0 unspecified atom stereocenters. The van der Waals surface area contributed by atoms with Gasteiger partial charge in [0.25, 0.3) is 0 Å². The first-order valence-electron chi connectivity index (χ1n) is 5.77. The molecule has 0 saturated carbocycles. The molecule has 0 fully saturated rings. The quantitative estimate of drug-likeness (QED) is 0.765. The number of ether oxygens (including phenoxy) is 2. The van der Waals surface area contributed by atoms with Gasteiger partial charge in [-0.05, 0) is 24.3 Å².